The van der Waals surface area contributed by atoms with Gasteiger partial charge in [0, 0.05) is 0 Å². The molecule has 0 aliphatic heterocycles. The highest BCUT2D eigenvalue weighted by Crippen LogP contribution is 2.41. The van der Waals surface area contributed by atoms with Crippen LogP contribution in [0.1, 0.15) is 54.7 Å². The zero-order valence-corrected chi connectivity index (χ0v) is 11.9. The van der Waals surface area contributed by atoms with Gasteiger partial charge in [-0.05, 0) is 55.4 Å². The Hall–Kier alpha value is -2.02. The molecule has 1 aliphatic rings. The number of benzene rings is 1. The molecule has 1 saturated carbocycles. The Morgan fingerprint density at radius 3 is 2.25 bits per heavy atom. The summed E-state index contributed by atoms with van der Waals surface area (Å²) in [4.78, 5) is 28.5. The predicted molar refractivity (Wildman–Crippen MR) is 77.3 cm³/mol. The average molecular weight is 270 g/mol. The first kappa shape index (κ1) is 14.4. The van der Waals surface area contributed by atoms with Crippen LogP contribution in [0.25, 0.3) is 0 Å². The third-order valence-corrected chi connectivity index (χ3v) is 4.25. The summed E-state index contributed by atoms with van der Waals surface area (Å²) in [6, 6.07) is 1.89. The summed E-state index contributed by atoms with van der Waals surface area (Å²) in [5, 5.41) is 0. The van der Waals surface area contributed by atoms with Crippen molar-refractivity contribution in [2.45, 2.75) is 51.9 Å². The van der Waals surface area contributed by atoms with Gasteiger partial charge in [0.05, 0.1) is 0 Å². The van der Waals surface area contributed by atoms with Crippen LogP contribution in [0, 0.1) is 13.8 Å². The van der Waals surface area contributed by atoms with Crippen molar-refractivity contribution in [2.24, 2.45) is 9.98 Å². The predicted octanol–water partition coefficient (Wildman–Crippen LogP) is 4.29. The molecular formula is C16H18N2O2. The molecule has 1 aromatic rings. The van der Waals surface area contributed by atoms with Crippen LogP contribution in [0.15, 0.2) is 16.1 Å². The van der Waals surface area contributed by atoms with Crippen molar-refractivity contribution in [1.82, 2.24) is 0 Å². The first-order valence-electron chi connectivity index (χ1n) is 6.99. The third-order valence-electron chi connectivity index (χ3n) is 4.25. The summed E-state index contributed by atoms with van der Waals surface area (Å²) in [6.07, 6.45) is 9.19. The Labute approximate surface area is 118 Å². The fourth-order valence-corrected chi connectivity index (χ4v) is 3.07. The number of isocyanates is 2. The lowest BCUT2D eigenvalue weighted by atomic mass is 9.81. The number of aliphatic imine (C=N–C) groups is 2. The van der Waals surface area contributed by atoms with Gasteiger partial charge in [-0.25, -0.2) is 9.59 Å². The first-order chi connectivity index (χ1) is 9.69. The van der Waals surface area contributed by atoms with E-state index in [1.165, 1.54) is 43.7 Å². The molecule has 2 rings (SSSR count). The van der Waals surface area contributed by atoms with Gasteiger partial charge in [0.25, 0.3) is 0 Å². The zero-order chi connectivity index (χ0) is 14.5. The van der Waals surface area contributed by atoms with Crippen LogP contribution >= 0.6 is 0 Å². The van der Waals surface area contributed by atoms with E-state index in [0.29, 0.717) is 17.3 Å². The molecule has 1 fully saturated rings. The van der Waals surface area contributed by atoms with Gasteiger partial charge in [0.2, 0.25) is 12.2 Å². The van der Waals surface area contributed by atoms with Crippen molar-refractivity contribution in [3.63, 3.8) is 0 Å². The lowest BCUT2D eigenvalue weighted by Crippen LogP contribution is -2.07. The molecule has 0 atom stereocenters. The van der Waals surface area contributed by atoms with Gasteiger partial charge in [-0.2, -0.15) is 9.98 Å². The van der Waals surface area contributed by atoms with Crippen molar-refractivity contribution in [3.8, 4) is 0 Å². The zero-order valence-electron chi connectivity index (χ0n) is 11.9. The highest BCUT2D eigenvalue weighted by atomic mass is 16.1. The molecule has 0 N–H and O–H groups in total. The molecule has 0 heterocycles. The van der Waals surface area contributed by atoms with Crippen molar-refractivity contribution in [2.75, 3.05) is 0 Å². The largest absolute Gasteiger partial charge is 0.240 e. The molecule has 104 valence electrons. The van der Waals surface area contributed by atoms with E-state index in [0.717, 1.165) is 11.1 Å². The van der Waals surface area contributed by atoms with Gasteiger partial charge in [0.15, 0.2) is 0 Å². The average Bonchev–Trinajstić information content (AvgIpc) is 2.48. The molecule has 4 nitrogen and oxygen atoms in total. The van der Waals surface area contributed by atoms with Crippen LogP contribution in [0.4, 0.5) is 11.4 Å². The minimum absolute atomic E-state index is 0.423. The Balaban J connectivity index is 2.58. The van der Waals surface area contributed by atoms with Gasteiger partial charge < -0.3 is 0 Å². The number of carbonyl (C=O) groups excluding carboxylic acids is 2. The lowest BCUT2D eigenvalue weighted by Gasteiger charge is -2.25. The second-order valence-corrected chi connectivity index (χ2v) is 5.32. The van der Waals surface area contributed by atoms with Crippen molar-refractivity contribution in [3.05, 3.63) is 22.8 Å². The fraction of sp³-hybridized carbons (Fsp3) is 0.500. The molecule has 1 aromatic carbocycles. The van der Waals surface area contributed by atoms with Crippen LogP contribution in [0.2, 0.25) is 0 Å². The molecule has 0 spiro atoms. The van der Waals surface area contributed by atoms with Crippen molar-refractivity contribution in [1.29, 1.82) is 0 Å². The van der Waals surface area contributed by atoms with Gasteiger partial charge in [-0.1, -0.05) is 19.3 Å². The standard InChI is InChI=1S/C16H18N2O2/c1-11-12(2)16(18-10-20)15(17-9-19)8-14(11)13-6-4-3-5-7-13/h8,13H,3-7H2,1-2H3. The second-order valence-electron chi connectivity index (χ2n) is 5.32. The Kier molecular flexibility index (Phi) is 4.62. The molecule has 0 saturated heterocycles. The molecular weight excluding hydrogens is 252 g/mol. The number of hydrogen-bond donors (Lipinski definition) is 0. The quantitative estimate of drug-likeness (QED) is 0.607. The summed E-state index contributed by atoms with van der Waals surface area (Å²) in [5.74, 6) is 0.511. The van der Waals surface area contributed by atoms with E-state index in [9.17, 15) is 9.59 Å². The van der Waals surface area contributed by atoms with E-state index in [1.807, 2.05) is 19.9 Å². The van der Waals surface area contributed by atoms with E-state index in [4.69, 9.17) is 0 Å². The van der Waals surface area contributed by atoms with Crippen LogP contribution in [-0.2, 0) is 9.59 Å². The van der Waals surface area contributed by atoms with Crippen LogP contribution < -0.4 is 0 Å². The van der Waals surface area contributed by atoms with Gasteiger partial charge >= 0.3 is 0 Å². The second kappa shape index (κ2) is 6.42. The van der Waals surface area contributed by atoms with Crippen molar-refractivity contribution >= 4 is 23.5 Å². The van der Waals surface area contributed by atoms with Crippen molar-refractivity contribution < 1.29 is 9.59 Å². The summed E-state index contributed by atoms with van der Waals surface area (Å²) in [7, 11) is 0. The summed E-state index contributed by atoms with van der Waals surface area (Å²) < 4.78 is 0. The normalized spacial score (nSPS) is 15.3. The first-order valence-corrected chi connectivity index (χ1v) is 6.99. The van der Waals surface area contributed by atoms with E-state index < -0.39 is 0 Å². The topological polar surface area (TPSA) is 58.9 Å². The monoisotopic (exact) mass is 270 g/mol. The Bertz CT molecular complexity index is 603. The summed E-state index contributed by atoms with van der Waals surface area (Å²) in [6.45, 7) is 3.94. The Morgan fingerprint density at radius 1 is 1.00 bits per heavy atom. The molecule has 20 heavy (non-hydrogen) atoms. The maximum atomic E-state index is 10.6. The highest BCUT2D eigenvalue weighted by Gasteiger charge is 2.21. The molecule has 0 aromatic heterocycles. The number of hydrogen-bond acceptors (Lipinski definition) is 4. The minimum atomic E-state index is 0.423. The van der Waals surface area contributed by atoms with Gasteiger partial charge in [0.1, 0.15) is 11.4 Å². The van der Waals surface area contributed by atoms with E-state index in [-0.39, 0.29) is 0 Å². The molecule has 0 bridgehead atoms. The molecule has 0 unspecified atom stereocenters. The van der Waals surface area contributed by atoms with Crippen LogP contribution in [0.5, 0.6) is 0 Å². The summed E-state index contributed by atoms with van der Waals surface area (Å²) >= 11 is 0. The molecule has 0 radical (unpaired) electrons. The van der Waals surface area contributed by atoms with E-state index in [1.54, 1.807) is 6.08 Å². The molecule has 1 aliphatic carbocycles. The highest BCUT2D eigenvalue weighted by molar-refractivity contribution is 5.74. The maximum absolute atomic E-state index is 10.6. The SMILES string of the molecule is Cc1c(C2CCCCC2)cc(N=C=O)c(N=C=O)c1C. The smallest absolute Gasteiger partial charge is 0.211 e. The Morgan fingerprint density at radius 2 is 1.65 bits per heavy atom. The lowest BCUT2D eigenvalue weighted by molar-refractivity contribution is 0.442. The number of nitrogens with zero attached hydrogens (tertiary/aromatic N) is 2. The fourth-order valence-electron chi connectivity index (χ4n) is 3.07. The van der Waals surface area contributed by atoms with Gasteiger partial charge in [-0.3, -0.25) is 0 Å². The van der Waals surface area contributed by atoms with Gasteiger partial charge in [-0.15, -0.1) is 0 Å². The van der Waals surface area contributed by atoms with Crippen LogP contribution in [0.3, 0.4) is 0 Å². The molecule has 4 heteroatoms. The third kappa shape index (κ3) is 2.77. The molecule has 0 amide bonds. The summed E-state index contributed by atoms with van der Waals surface area (Å²) in [5.41, 5.74) is 4.11. The van der Waals surface area contributed by atoms with E-state index in [2.05, 4.69) is 9.98 Å². The number of rotatable bonds is 3. The van der Waals surface area contributed by atoms with E-state index >= 15 is 0 Å². The van der Waals surface area contributed by atoms with Crippen LogP contribution in [-0.4, -0.2) is 12.2 Å². The maximum Gasteiger partial charge on any atom is 0.240 e. The minimum Gasteiger partial charge on any atom is -0.211 e.